The molecule has 0 radical (unpaired) electrons. The summed E-state index contributed by atoms with van der Waals surface area (Å²) in [5.41, 5.74) is 6.40. The van der Waals surface area contributed by atoms with E-state index < -0.39 is 0 Å². The molecule has 3 fully saturated rings. The van der Waals surface area contributed by atoms with E-state index in [1.807, 2.05) is 0 Å². The Morgan fingerprint density at radius 2 is 1.56 bits per heavy atom. The van der Waals surface area contributed by atoms with Crippen molar-refractivity contribution in [3.05, 3.63) is 0 Å². The van der Waals surface area contributed by atoms with Crippen molar-refractivity contribution in [2.24, 2.45) is 35.3 Å². The Hall–Kier alpha value is -0.0300. The lowest BCUT2D eigenvalue weighted by atomic mass is 9.65. The molecule has 0 aromatic heterocycles. The van der Waals surface area contributed by atoms with Crippen LogP contribution < -0.4 is 11.1 Å². The molecule has 0 aromatic carbocycles. The van der Waals surface area contributed by atoms with Crippen LogP contribution >= 0.6 is 24.8 Å². The minimum atomic E-state index is 0. The lowest BCUT2D eigenvalue weighted by Gasteiger charge is -2.46. The van der Waals surface area contributed by atoms with Gasteiger partial charge in [-0.05, 0) is 69.6 Å². The molecule has 1 saturated heterocycles. The summed E-state index contributed by atoms with van der Waals surface area (Å²) in [6.07, 6.45) is 7.07. The SMILES string of the molecule is CC1CC(C)CN(C(C)(C)CNC(=O)C2CC3CCCC(C2)C3N)C1.Cl.Cl. The fraction of sp³-hybridized carbons (Fsp3) is 0.952. The van der Waals surface area contributed by atoms with E-state index in [0.29, 0.717) is 17.9 Å². The maximum absolute atomic E-state index is 12.8. The number of halogens is 2. The highest BCUT2D eigenvalue weighted by Gasteiger charge is 2.41. The van der Waals surface area contributed by atoms with Gasteiger partial charge in [-0.1, -0.05) is 20.3 Å². The third-order valence-corrected chi connectivity index (χ3v) is 7.20. The van der Waals surface area contributed by atoms with Crippen LogP contribution in [0.25, 0.3) is 0 Å². The van der Waals surface area contributed by atoms with Crippen LogP contribution in [0.4, 0.5) is 0 Å². The molecule has 0 aromatic rings. The number of rotatable bonds is 4. The van der Waals surface area contributed by atoms with E-state index in [4.69, 9.17) is 5.73 Å². The predicted molar refractivity (Wildman–Crippen MR) is 118 cm³/mol. The Morgan fingerprint density at radius 3 is 2.07 bits per heavy atom. The molecule has 3 rings (SSSR count). The number of amides is 1. The summed E-state index contributed by atoms with van der Waals surface area (Å²) in [6, 6.07) is 0.338. The summed E-state index contributed by atoms with van der Waals surface area (Å²) in [7, 11) is 0. The number of nitrogens with two attached hydrogens (primary N) is 1. The third-order valence-electron chi connectivity index (χ3n) is 7.20. The van der Waals surface area contributed by atoms with Crippen LogP contribution in [-0.2, 0) is 4.79 Å². The summed E-state index contributed by atoms with van der Waals surface area (Å²) in [6.45, 7) is 12.3. The number of piperidine rings is 1. The largest absolute Gasteiger partial charge is 0.354 e. The Morgan fingerprint density at radius 1 is 1.04 bits per heavy atom. The fourth-order valence-corrected chi connectivity index (χ4v) is 5.72. The molecule has 160 valence electrons. The molecule has 1 amide bonds. The normalized spacial score (nSPS) is 36.9. The van der Waals surface area contributed by atoms with Crippen molar-refractivity contribution in [2.45, 2.75) is 77.8 Å². The molecule has 27 heavy (non-hydrogen) atoms. The van der Waals surface area contributed by atoms with Gasteiger partial charge in [0.25, 0.3) is 0 Å². The van der Waals surface area contributed by atoms with Crippen molar-refractivity contribution < 1.29 is 4.79 Å². The van der Waals surface area contributed by atoms with Crippen LogP contribution in [-0.4, -0.2) is 42.0 Å². The minimum absolute atomic E-state index is 0. The topological polar surface area (TPSA) is 58.4 Å². The van der Waals surface area contributed by atoms with Gasteiger partial charge in [0.15, 0.2) is 0 Å². The van der Waals surface area contributed by atoms with Gasteiger partial charge in [-0.3, -0.25) is 9.69 Å². The quantitative estimate of drug-likeness (QED) is 0.724. The second-order valence-corrected chi connectivity index (χ2v) is 10.1. The Balaban J connectivity index is 0.00000182. The number of likely N-dealkylation sites (tertiary alicyclic amines) is 1. The molecule has 0 spiro atoms. The highest BCUT2D eigenvalue weighted by atomic mass is 35.5. The van der Waals surface area contributed by atoms with Gasteiger partial charge in [0.1, 0.15) is 0 Å². The molecule has 2 aliphatic carbocycles. The van der Waals surface area contributed by atoms with Crippen LogP contribution in [0.15, 0.2) is 0 Å². The first kappa shape index (κ1) is 25.0. The van der Waals surface area contributed by atoms with E-state index >= 15 is 0 Å². The van der Waals surface area contributed by atoms with E-state index in [1.165, 1.54) is 25.7 Å². The van der Waals surface area contributed by atoms with Crippen LogP contribution in [0.2, 0.25) is 0 Å². The number of carbonyl (C=O) groups excluding carboxylic acids is 1. The number of carbonyl (C=O) groups is 1. The van der Waals surface area contributed by atoms with Gasteiger partial charge in [-0.25, -0.2) is 0 Å². The van der Waals surface area contributed by atoms with Crippen LogP contribution in [0, 0.1) is 29.6 Å². The number of hydrogen-bond donors (Lipinski definition) is 2. The van der Waals surface area contributed by atoms with Gasteiger partial charge in [-0.15, -0.1) is 24.8 Å². The van der Waals surface area contributed by atoms with Gasteiger partial charge in [-0.2, -0.15) is 0 Å². The maximum atomic E-state index is 12.8. The lowest BCUT2D eigenvalue weighted by molar-refractivity contribution is -0.128. The smallest absolute Gasteiger partial charge is 0.223 e. The Labute approximate surface area is 178 Å². The van der Waals surface area contributed by atoms with Crippen molar-refractivity contribution in [1.82, 2.24) is 10.2 Å². The molecule has 3 aliphatic rings. The minimum Gasteiger partial charge on any atom is -0.354 e. The summed E-state index contributed by atoms with van der Waals surface area (Å²) >= 11 is 0. The molecule has 2 saturated carbocycles. The zero-order chi connectivity index (χ0) is 18.2. The number of fused-ring (bicyclic) bond motifs is 2. The summed E-state index contributed by atoms with van der Waals surface area (Å²) < 4.78 is 0. The predicted octanol–water partition coefficient (Wildman–Crippen LogP) is 3.86. The van der Waals surface area contributed by atoms with Crippen molar-refractivity contribution in [3.63, 3.8) is 0 Å². The Kier molecular flexibility index (Phi) is 9.39. The van der Waals surface area contributed by atoms with E-state index in [0.717, 1.165) is 44.3 Å². The molecule has 4 atom stereocenters. The molecule has 4 unspecified atom stereocenters. The maximum Gasteiger partial charge on any atom is 0.223 e. The van der Waals surface area contributed by atoms with Crippen molar-refractivity contribution in [3.8, 4) is 0 Å². The first-order chi connectivity index (χ1) is 11.8. The molecule has 2 bridgehead atoms. The zero-order valence-electron chi connectivity index (χ0n) is 17.6. The monoisotopic (exact) mass is 421 g/mol. The summed E-state index contributed by atoms with van der Waals surface area (Å²) in [4.78, 5) is 15.4. The summed E-state index contributed by atoms with van der Waals surface area (Å²) in [5.74, 6) is 3.09. The molecule has 6 heteroatoms. The third kappa shape index (κ3) is 5.98. The zero-order valence-corrected chi connectivity index (χ0v) is 19.2. The molecular weight excluding hydrogens is 381 g/mol. The number of nitrogens with zero attached hydrogens (tertiary/aromatic N) is 1. The first-order valence-corrected chi connectivity index (χ1v) is 10.5. The van der Waals surface area contributed by atoms with Crippen LogP contribution in [0.3, 0.4) is 0 Å². The average Bonchev–Trinajstić information content (AvgIpc) is 2.51. The van der Waals surface area contributed by atoms with E-state index in [2.05, 4.69) is 37.9 Å². The number of hydrogen-bond acceptors (Lipinski definition) is 3. The van der Waals surface area contributed by atoms with Crippen LogP contribution in [0.1, 0.15) is 66.2 Å². The average molecular weight is 422 g/mol. The van der Waals surface area contributed by atoms with Crippen LogP contribution in [0.5, 0.6) is 0 Å². The van der Waals surface area contributed by atoms with E-state index in [9.17, 15) is 4.79 Å². The highest BCUT2D eigenvalue weighted by Crippen LogP contribution is 2.42. The van der Waals surface area contributed by atoms with Gasteiger partial charge < -0.3 is 11.1 Å². The van der Waals surface area contributed by atoms with Gasteiger partial charge >= 0.3 is 0 Å². The van der Waals surface area contributed by atoms with Gasteiger partial charge in [0.05, 0.1) is 0 Å². The van der Waals surface area contributed by atoms with Crippen molar-refractivity contribution >= 4 is 30.7 Å². The van der Waals surface area contributed by atoms with E-state index in [-0.39, 0.29) is 42.2 Å². The molecule has 4 nitrogen and oxygen atoms in total. The molecular formula is C21H41Cl2N3O. The second-order valence-electron chi connectivity index (χ2n) is 10.1. The molecule has 3 N–H and O–H groups in total. The second kappa shape index (κ2) is 10.1. The van der Waals surface area contributed by atoms with Gasteiger partial charge in [0.2, 0.25) is 5.91 Å². The Bertz CT molecular complexity index is 464. The van der Waals surface area contributed by atoms with Gasteiger partial charge in [0, 0.05) is 37.1 Å². The standard InChI is InChI=1S/C21H39N3O.2ClH/c1-14-8-15(2)12-24(11-14)21(3,4)13-23-20(25)18-9-16-6-5-7-17(10-18)19(16)22;;/h14-19H,5-13,22H2,1-4H3,(H,23,25);2*1H. The van der Waals surface area contributed by atoms with Crippen molar-refractivity contribution in [2.75, 3.05) is 19.6 Å². The fourth-order valence-electron chi connectivity index (χ4n) is 5.72. The summed E-state index contributed by atoms with van der Waals surface area (Å²) in [5, 5.41) is 3.30. The first-order valence-electron chi connectivity index (χ1n) is 10.5. The van der Waals surface area contributed by atoms with Crippen molar-refractivity contribution in [1.29, 1.82) is 0 Å². The lowest BCUT2D eigenvalue weighted by Crippen LogP contribution is -2.57. The molecule has 1 heterocycles. The highest BCUT2D eigenvalue weighted by molar-refractivity contribution is 5.85. The number of nitrogens with one attached hydrogen (secondary N) is 1. The van der Waals surface area contributed by atoms with E-state index in [1.54, 1.807) is 0 Å². The molecule has 1 aliphatic heterocycles.